The van der Waals surface area contributed by atoms with Crippen LogP contribution in [0.1, 0.15) is 18.4 Å². The smallest absolute Gasteiger partial charge is 0.772 e. The topological polar surface area (TPSA) is 69.7 Å². The maximum Gasteiger partial charge on any atom is 1.00 e. The first-order valence-corrected chi connectivity index (χ1v) is 7.34. The first-order chi connectivity index (χ1) is 9.16. The van der Waals surface area contributed by atoms with Crippen LogP contribution < -0.4 is 29.6 Å². The zero-order chi connectivity index (χ0) is 13.7. The predicted octanol–water partition coefficient (Wildman–Crippen LogP) is -1.33. The molecule has 0 bridgehead atoms. The molecule has 104 valence electrons. The molecule has 1 saturated heterocycles. The van der Waals surface area contributed by atoms with Gasteiger partial charge < -0.3 is 14.2 Å². The molecule has 1 unspecified atom stereocenters. The number of rotatable bonds is 3. The van der Waals surface area contributed by atoms with Crippen LogP contribution in [0.25, 0.3) is 0 Å². The van der Waals surface area contributed by atoms with Crippen LogP contribution in [0.2, 0.25) is 0 Å². The van der Waals surface area contributed by atoms with Crippen LogP contribution in [-0.2, 0) is 22.4 Å². The number of hydrogen-bond donors (Lipinski definition) is 0. The molecule has 7 heteroatoms. The molecular weight excluding hydrogens is 289 g/mol. The predicted molar refractivity (Wildman–Crippen MR) is 70.1 cm³/mol. The maximum atomic E-state index is 11.8. The van der Waals surface area contributed by atoms with Crippen molar-refractivity contribution in [3.05, 3.63) is 35.9 Å². The van der Waals surface area contributed by atoms with Crippen LogP contribution in [0.5, 0.6) is 0 Å². The first kappa shape index (κ1) is 17.7. The summed E-state index contributed by atoms with van der Waals surface area (Å²) in [5.41, 5.74) is 0.936. The van der Waals surface area contributed by atoms with E-state index in [0.29, 0.717) is 25.9 Å². The third kappa shape index (κ3) is 5.18. The molecule has 1 heterocycles. The van der Waals surface area contributed by atoms with Crippen molar-refractivity contribution >= 4 is 17.2 Å². The van der Waals surface area contributed by atoms with Gasteiger partial charge in [0.15, 0.2) is 0 Å². The fourth-order valence-electron chi connectivity index (χ4n) is 2.04. The maximum absolute atomic E-state index is 11.8. The number of benzene rings is 1. The average molecular weight is 305 g/mol. The summed E-state index contributed by atoms with van der Waals surface area (Å²) in [7, 11) is 0. The minimum atomic E-state index is -2.04. The van der Waals surface area contributed by atoms with E-state index in [0.717, 1.165) is 5.56 Å². The van der Waals surface area contributed by atoms with Crippen LogP contribution in [0, 0.1) is 0 Å². The van der Waals surface area contributed by atoms with E-state index < -0.39 is 11.1 Å². The number of carbonyl (C=O) groups excluding carboxylic acids is 1. The Bertz CT molecular complexity index is 449. The number of hydrogen-bond acceptors (Lipinski definition) is 4. The van der Waals surface area contributed by atoms with Crippen LogP contribution in [-0.4, -0.2) is 38.1 Å². The van der Waals surface area contributed by atoms with Gasteiger partial charge in [-0.05, 0) is 18.4 Å². The van der Waals surface area contributed by atoms with E-state index in [2.05, 4.69) is 0 Å². The Labute approximate surface area is 143 Å². The molecule has 5 nitrogen and oxygen atoms in total. The molecule has 0 radical (unpaired) electrons. The van der Waals surface area contributed by atoms with Gasteiger partial charge in [-0.3, -0.25) is 4.21 Å². The van der Waals surface area contributed by atoms with Gasteiger partial charge in [-0.25, -0.2) is 4.79 Å². The molecule has 0 aliphatic carbocycles. The summed E-state index contributed by atoms with van der Waals surface area (Å²) in [6.45, 7) is 1.12. The SMILES string of the molecule is O=C(OCc1ccccc1)N1CCC(S(=O)[O-])CC1.[Na+]. The van der Waals surface area contributed by atoms with Crippen LogP contribution in [0.15, 0.2) is 30.3 Å². The second-order valence-corrected chi connectivity index (χ2v) is 5.67. The number of likely N-dealkylation sites (tertiary alicyclic amines) is 1. The van der Waals surface area contributed by atoms with E-state index >= 15 is 0 Å². The zero-order valence-electron chi connectivity index (χ0n) is 11.5. The van der Waals surface area contributed by atoms with Crippen molar-refractivity contribution in [2.45, 2.75) is 24.7 Å². The Morgan fingerprint density at radius 1 is 1.30 bits per heavy atom. The van der Waals surface area contributed by atoms with Gasteiger partial charge in [-0.15, -0.1) is 0 Å². The number of amides is 1. The molecule has 1 atom stereocenters. The molecule has 1 aliphatic heterocycles. The number of ether oxygens (including phenoxy) is 1. The Kier molecular flexibility index (Phi) is 7.76. The van der Waals surface area contributed by atoms with Gasteiger partial charge in [-0.1, -0.05) is 41.4 Å². The molecule has 20 heavy (non-hydrogen) atoms. The van der Waals surface area contributed by atoms with Crippen LogP contribution in [0.3, 0.4) is 0 Å². The summed E-state index contributed by atoms with van der Waals surface area (Å²) < 4.78 is 26.8. The Morgan fingerprint density at radius 2 is 1.90 bits per heavy atom. The van der Waals surface area contributed by atoms with Crippen LogP contribution in [0.4, 0.5) is 4.79 Å². The molecule has 1 aliphatic rings. The minimum absolute atomic E-state index is 0. The number of piperidine rings is 1. The quantitative estimate of drug-likeness (QED) is 0.512. The Hall–Kier alpha value is -0.400. The van der Waals surface area contributed by atoms with Gasteiger partial charge in [0.25, 0.3) is 0 Å². The first-order valence-electron chi connectivity index (χ1n) is 6.20. The van der Waals surface area contributed by atoms with Crippen molar-refractivity contribution in [3.63, 3.8) is 0 Å². The van der Waals surface area contributed by atoms with E-state index in [1.165, 1.54) is 0 Å². The normalized spacial score (nSPS) is 17.1. The molecule has 0 aromatic heterocycles. The molecule has 1 aromatic carbocycles. The third-order valence-corrected chi connectivity index (χ3v) is 4.19. The Morgan fingerprint density at radius 3 is 2.45 bits per heavy atom. The molecule has 1 aromatic rings. The molecule has 0 spiro atoms. The standard InChI is InChI=1S/C13H17NO4S.Na/c15-13(18-10-11-4-2-1-3-5-11)14-8-6-12(7-9-14)19(16)17;/h1-5,12H,6-10H2,(H,16,17);/q;+1/p-1. The number of carbonyl (C=O) groups is 1. The van der Waals surface area contributed by atoms with Gasteiger partial charge in [0.05, 0.1) is 0 Å². The minimum Gasteiger partial charge on any atom is -0.772 e. The largest absolute Gasteiger partial charge is 1.00 e. The van der Waals surface area contributed by atoms with E-state index in [4.69, 9.17) is 4.74 Å². The fourth-order valence-corrected chi connectivity index (χ4v) is 2.64. The third-order valence-electron chi connectivity index (χ3n) is 3.18. The average Bonchev–Trinajstić information content (AvgIpc) is 2.46. The molecule has 1 fully saturated rings. The summed E-state index contributed by atoms with van der Waals surface area (Å²) in [6.07, 6.45) is 0.589. The summed E-state index contributed by atoms with van der Waals surface area (Å²) in [5, 5.41) is -0.335. The van der Waals surface area contributed by atoms with E-state index in [1.54, 1.807) is 4.90 Å². The van der Waals surface area contributed by atoms with Gasteiger partial charge in [-0.2, -0.15) is 0 Å². The van der Waals surface area contributed by atoms with Crippen LogP contribution >= 0.6 is 0 Å². The van der Waals surface area contributed by atoms with Crippen molar-refractivity contribution in [2.24, 2.45) is 0 Å². The zero-order valence-corrected chi connectivity index (χ0v) is 14.3. The molecular formula is C13H16NNaO4S. The van der Waals surface area contributed by atoms with E-state index in [9.17, 15) is 13.6 Å². The Balaban J connectivity index is 0.00000200. The summed E-state index contributed by atoms with van der Waals surface area (Å²) in [5.74, 6) is 0. The van der Waals surface area contributed by atoms with Crippen molar-refractivity contribution < 1.29 is 47.9 Å². The second-order valence-electron chi connectivity index (χ2n) is 4.49. The molecule has 0 saturated carbocycles. The molecule has 1 amide bonds. The summed E-state index contributed by atoms with van der Waals surface area (Å²) >= 11 is -2.04. The van der Waals surface area contributed by atoms with E-state index in [-0.39, 0.29) is 47.5 Å². The van der Waals surface area contributed by atoms with Gasteiger partial charge in [0.1, 0.15) is 6.61 Å². The monoisotopic (exact) mass is 305 g/mol. The van der Waals surface area contributed by atoms with Crippen molar-refractivity contribution in [1.29, 1.82) is 0 Å². The second kappa shape index (κ2) is 8.79. The van der Waals surface area contributed by atoms with Crippen molar-refractivity contribution in [2.75, 3.05) is 13.1 Å². The summed E-state index contributed by atoms with van der Waals surface area (Å²) in [6, 6.07) is 9.45. The van der Waals surface area contributed by atoms with Gasteiger partial charge >= 0.3 is 35.7 Å². The molecule has 2 rings (SSSR count). The van der Waals surface area contributed by atoms with Crippen molar-refractivity contribution in [3.8, 4) is 0 Å². The van der Waals surface area contributed by atoms with Crippen molar-refractivity contribution in [1.82, 2.24) is 4.90 Å². The summed E-state index contributed by atoms with van der Waals surface area (Å²) in [4.78, 5) is 13.4. The fraction of sp³-hybridized carbons (Fsp3) is 0.462. The molecule has 0 N–H and O–H groups in total. The number of nitrogens with zero attached hydrogens (tertiary/aromatic N) is 1. The van der Waals surface area contributed by atoms with Gasteiger partial charge in [0.2, 0.25) is 0 Å². The van der Waals surface area contributed by atoms with E-state index in [1.807, 2.05) is 30.3 Å². The van der Waals surface area contributed by atoms with Gasteiger partial charge in [0, 0.05) is 18.3 Å².